The average Bonchev–Trinajstić information content (AvgIpc) is 2.29. The van der Waals surface area contributed by atoms with Gasteiger partial charge in [0.25, 0.3) is 5.91 Å². The van der Waals surface area contributed by atoms with Gasteiger partial charge in [0.15, 0.2) is 6.61 Å². The first-order valence-electron chi connectivity index (χ1n) is 4.97. The molecule has 4 nitrogen and oxygen atoms in total. The van der Waals surface area contributed by atoms with E-state index in [-0.39, 0.29) is 11.6 Å². The number of hydrogen-bond acceptors (Lipinski definition) is 3. The lowest BCUT2D eigenvalue weighted by Gasteiger charge is -2.08. The van der Waals surface area contributed by atoms with Gasteiger partial charge >= 0.3 is 0 Å². The molecule has 1 amide bonds. The van der Waals surface area contributed by atoms with Gasteiger partial charge in [-0.05, 0) is 19.9 Å². The Balaban J connectivity index is 2.61. The van der Waals surface area contributed by atoms with E-state index in [0.717, 1.165) is 5.71 Å². The lowest BCUT2D eigenvalue weighted by atomic mass is 10.3. The lowest BCUT2D eigenvalue weighted by molar-refractivity contribution is -0.123. The predicted molar refractivity (Wildman–Crippen MR) is 73.9 cm³/mol. The maximum absolute atomic E-state index is 11.3. The number of hydrogen-bond donors (Lipinski definition) is 1. The van der Waals surface area contributed by atoms with E-state index in [1.807, 2.05) is 0 Å². The van der Waals surface area contributed by atoms with Crippen molar-refractivity contribution in [1.82, 2.24) is 5.43 Å². The van der Waals surface area contributed by atoms with E-state index in [0.29, 0.717) is 15.8 Å². The zero-order valence-electron chi connectivity index (χ0n) is 9.76. The zero-order chi connectivity index (χ0) is 13.7. The van der Waals surface area contributed by atoms with E-state index >= 15 is 0 Å². The number of halogens is 3. The highest BCUT2D eigenvalue weighted by Crippen LogP contribution is 2.33. The summed E-state index contributed by atoms with van der Waals surface area (Å²) in [6, 6.07) is 2.90. The Morgan fingerprint density at radius 1 is 1.22 bits per heavy atom. The Bertz CT molecular complexity index is 485. The molecule has 98 valence electrons. The molecule has 0 aliphatic carbocycles. The second-order valence-electron chi connectivity index (χ2n) is 3.58. The largest absolute Gasteiger partial charge is 0.482 e. The van der Waals surface area contributed by atoms with Crippen LogP contribution in [0.15, 0.2) is 17.2 Å². The van der Waals surface area contributed by atoms with Crippen molar-refractivity contribution in [3.05, 3.63) is 27.2 Å². The van der Waals surface area contributed by atoms with E-state index in [9.17, 15) is 4.79 Å². The molecular formula is C11H11Cl3N2O2. The van der Waals surface area contributed by atoms with Crippen molar-refractivity contribution in [2.45, 2.75) is 13.8 Å². The average molecular weight is 310 g/mol. The normalized spacial score (nSPS) is 9.83. The molecule has 0 heterocycles. The van der Waals surface area contributed by atoms with Gasteiger partial charge in [-0.25, -0.2) is 5.43 Å². The summed E-state index contributed by atoms with van der Waals surface area (Å²) in [5.74, 6) is -0.100. The van der Waals surface area contributed by atoms with E-state index in [2.05, 4.69) is 10.5 Å². The summed E-state index contributed by atoms with van der Waals surface area (Å²) >= 11 is 17.5. The van der Waals surface area contributed by atoms with Crippen LogP contribution in [0.2, 0.25) is 15.1 Å². The second kappa shape index (κ2) is 6.83. The van der Waals surface area contributed by atoms with Crippen molar-refractivity contribution in [3.8, 4) is 5.75 Å². The fourth-order valence-corrected chi connectivity index (χ4v) is 1.56. The van der Waals surface area contributed by atoms with Gasteiger partial charge in [-0.3, -0.25) is 4.79 Å². The van der Waals surface area contributed by atoms with Gasteiger partial charge < -0.3 is 4.74 Å². The highest BCUT2D eigenvalue weighted by molar-refractivity contribution is 6.43. The van der Waals surface area contributed by atoms with Gasteiger partial charge in [0.1, 0.15) is 5.75 Å². The Morgan fingerprint density at radius 2 is 1.83 bits per heavy atom. The van der Waals surface area contributed by atoms with Crippen molar-refractivity contribution >= 4 is 46.4 Å². The third kappa shape index (κ3) is 4.72. The van der Waals surface area contributed by atoms with Crippen LogP contribution in [0, 0.1) is 0 Å². The number of rotatable bonds is 4. The maximum atomic E-state index is 11.3. The Hall–Kier alpha value is -0.970. The minimum absolute atomic E-state index is 0.214. The molecule has 7 heteroatoms. The van der Waals surface area contributed by atoms with Crippen LogP contribution in [0.1, 0.15) is 13.8 Å². The second-order valence-corrected chi connectivity index (χ2v) is 4.80. The van der Waals surface area contributed by atoms with E-state index in [1.54, 1.807) is 13.8 Å². The number of nitrogens with one attached hydrogen (secondary N) is 1. The fraction of sp³-hybridized carbons (Fsp3) is 0.273. The lowest BCUT2D eigenvalue weighted by Crippen LogP contribution is -2.25. The van der Waals surface area contributed by atoms with Crippen LogP contribution in [-0.2, 0) is 4.79 Å². The van der Waals surface area contributed by atoms with Gasteiger partial charge in [0, 0.05) is 11.8 Å². The minimum atomic E-state index is -0.390. The molecule has 0 radical (unpaired) electrons. The summed E-state index contributed by atoms with van der Waals surface area (Å²) in [4.78, 5) is 11.3. The van der Waals surface area contributed by atoms with Crippen LogP contribution in [0.4, 0.5) is 0 Å². The molecule has 0 bridgehead atoms. The quantitative estimate of drug-likeness (QED) is 0.525. The van der Waals surface area contributed by atoms with Gasteiger partial charge in [-0.1, -0.05) is 34.8 Å². The third-order valence-corrected chi connectivity index (χ3v) is 2.76. The molecule has 1 aromatic rings. The summed E-state index contributed by atoms with van der Waals surface area (Å²) in [5.41, 5.74) is 3.05. The summed E-state index contributed by atoms with van der Waals surface area (Å²) in [6.45, 7) is 3.31. The van der Waals surface area contributed by atoms with E-state index in [4.69, 9.17) is 39.5 Å². The number of carbonyl (C=O) groups excluding carboxylic acids is 1. The number of nitrogens with zero attached hydrogens (tertiary/aromatic N) is 1. The van der Waals surface area contributed by atoms with Crippen LogP contribution in [0.3, 0.4) is 0 Å². The van der Waals surface area contributed by atoms with E-state index in [1.165, 1.54) is 12.1 Å². The number of benzene rings is 1. The highest BCUT2D eigenvalue weighted by atomic mass is 35.5. The van der Waals surface area contributed by atoms with Crippen molar-refractivity contribution in [2.75, 3.05) is 6.61 Å². The number of ether oxygens (including phenoxy) is 1. The van der Waals surface area contributed by atoms with E-state index < -0.39 is 5.91 Å². The minimum Gasteiger partial charge on any atom is -0.482 e. The number of carbonyl (C=O) groups is 1. The van der Waals surface area contributed by atoms with Crippen molar-refractivity contribution in [2.24, 2.45) is 5.10 Å². The highest BCUT2D eigenvalue weighted by Gasteiger charge is 2.09. The van der Waals surface area contributed by atoms with Gasteiger partial charge in [-0.15, -0.1) is 0 Å². The predicted octanol–water partition coefficient (Wildman–Crippen LogP) is 3.54. The number of hydrazone groups is 1. The molecule has 0 fully saturated rings. The molecule has 0 saturated carbocycles. The molecule has 0 spiro atoms. The Morgan fingerprint density at radius 3 is 2.44 bits per heavy atom. The number of amides is 1. The Kier molecular flexibility index (Phi) is 5.72. The van der Waals surface area contributed by atoms with Crippen LogP contribution < -0.4 is 10.2 Å². The molecule has 0 aliphatic heterocycles. The first kappa shape index (κ1) is 15.1. The molecule has 0 unspecified atom stereocenters. The smallest absolute Gasteiger partial charge is 0.277 e. The molecule has 1 aromatic carbocycles. The molecule has 1 N–H and O–H groups in total. The van der Waals surface area contributed by atoms with Gasteiger partial charge in [0.2, 0.25) is 0 Å². The molecule has 1 rings (SSSR count). The van der Waals surface area contributed by atoms with Crippen LogP contribution in [0.5, 0.6) is 5.75 Å². The Labute approximate surface area is 120 Å². The third-order valence-electron chi connectivity index (χ3n) is 1.74. The molecular weight excluding hydrogens is 298 g/mol. The fourth-order valence-electron chi connectivity index (χ4n) is 0.965. The molecule has 0 atom stereocenters. The molecule has 18 heavy (non-hydrogen) atoms. The summed E-state index contributed by atoms with van der Waals surface area (Å²) in [5, 5.41) is 4.66. The van der Waals surface area contributed by atoms with Crippen molar-refractivity contribution in [1.29, 1.82) is 0 Å². The maximum Gasteiger partial charge on any atom is 0.277 e. The molecule has 0 aliphatic rings. The van der Waals surface area contributed by atoms with Gasteiger partial charge in [0.05, 0.1) is 15.1 Å². The van der Waals surface area contributed by atoms with Crippen LogP contribution in [-0.4, -0.2) is 18.2 Å². The summed E-state index contributed by atoms with van der Waals surface area (Å²) in [6.07, 6.45) is 0. The summed E-state index contributed by atoms with van der Waals surface area (Å²) in [7, 11) is 0. The van der Waals surface area contributed by atoms with Gasteiger partial charge in [-0.2, -0.15) is 5.10 Å². The first-order chi connectivity index (χ1) is 8.40. The van der Waals surface area contributed by atoms with Crippen LogP contribution in [0.25, 0.3) is 0 Å². The SMILES string of the molecule is CC(C)=NNC(=O)COc1cc(Cl)c(Cl)cc1Cl. The van der Waals surface area contributed by atoms with Crippen molar-refractivity contribution in [3.63, 3.8) is 0 Å². The topological polar surface area (TPSA) is 50.7 Å². The first-order valence-corrected chi connectivity index (χ1v) is 6.10. The molecule has 0 aromatic heterocycles. The summed E-state index contributed by atoms with van der Waals surface area (Å²) < 4.78 is 5.21. The zero-order valence-corrected chi connectivity index (χ0v) is 12.0. The monoisotopic (exact) mass is 308 g/mol. The van der Waals surface area contributed by atoms with Crippen LogP contribution >= 0.6 is 34.8 Å². The molecule has 0 saturated heterocycles. The standard InChI is InChI=1S/C11H11Cl3N2O2/c1-6(2)15-16-11(17)5-18-10-4-8(13)7(12)3-9(10)14/h3-4H,5H2,1-2H3,(H,16,17). The van der Waals surface area contributed by atoms with Crippen molar-refractivity contribution < 1.29 is 9.53 Å².